The van der Waals surface area contributed by atoms with Gasteiger partial charge in [-0.1, -0.05) is 115 Å². The first-order chi connectivity index (χ1) is 20.8. The van der Waals surface area contributed by atoms with Gasteiger partial charge in [0.25, 0.3) is 0 Å². The van der Waals surface area contributed by atoms with Crippen LogP contribution in [0.25, 0.3) is 60.5 Å². The molecule has 0 saturated carbocycles. The molecular weight excluding hydrogens is 508 g/mol. The van der Waals surface area contributed by atoms with E-state index in [1.165, 1.54) is 54.8 Å². The zero-order valence-electron chi connectivity index (χ0n) is 23.0. The zero-order chi connectivity index (χ0) is 27.9. The minimum Gasteiger partial charge on any atom is -0.355 e. The molecule has 0 bridgehead atoms. The maximum Gasteiger partial charge on any atom is 0.0562 e. The van der Waals surface area contributed by atoms with Gasteiger partial charge in [-0.2, -0.15) is 0 Å². The first-order valence-corrected chi connectivity index (χ1v) is 14.4. The molecule has 1 heterocycles. The first kappa shape index (κ1) is 24.2. The molecule has 198 valence electrons. The lowest BCUT2D eigenvalue weighted by molar-refractivity contribution is 1.18. The molecular formula is C40H28N2. The number of aromatic nitrogens is 1. The number of hydrogen-bond donors (Lipinski definition) is 1. The van der Waals surface area contributed by atoms with E-state index >= 15 is 0 Å². The van der Waals surface area contributed by atoms with Crippen molar-refractivity contribution < 1.29 is 0 Å². The summed E-state index contributed by atoms with van der Waals surface area (Å²) in [4.78, 5) is 0. The maximum atomic E-state index is 3.78. The lowest BCUT2D eigenvalue weighted by Crippen LogP contribution is -1.95. The summed E-state index contributed by atoms with van der Waals surface area (Å²) in [6, 6.07) is 58.5. The van der Waals surface area contributed by atoms with E-state index in [1.54, 1.807) is 0 Å². The van der Waals surface area contributed by atoms with E-state index in [0.29, 0.717) is 0 Å². The second-order valence-corrected chi connectivity index (χ2v) is 10.7. The lowest BCUT2D eigenvalue weighted by Gasteiger charge is -2.12. The molecule has 0 atom stereocenters. The highest BCUT2D eigenvalue weighted by Crippen LogP contribution is 2.38. The fourth-order valence-electron chi connectivity index (χ4n) is 6.15. The van der Waals surface area contributed by atoms with Crippen LogP contribution in [0.15, 0.2) is 164 Å². The minimum absolute atomic E-state index is 1.07. The van der Waals surface area contributed by atoms with Crippen molar-refractivity contribution in [3.63, 3.8) is 0 Å². The van der Waals surface area contributed by atoms with Crippen LogP contribution in [0.3, 0.4) is 0 Å². The first-order valence-electron chi connectivity index (χ1n) is 14.4. The smallest absolute Gasteiger partial charge is 0.0562 e. The Kier molecular flexibility index (Phi) is 5.82. The maximum absolute atomic E-state index is 3.78. The molecule has 0 aliphatic heterocycles. The number of para-hydroxylation sites is 1. The Hall–Kier alpha value is -5.60. The van der Waals surface area contributed by atoms with Gasteiger partial charge in [0.15, 0.2) is 0 Å². The molecule has 1 N–H and O–H groups in total. The summed E-state index contributed by atoms with van der Waals surface area (Å²) in [7, 11) is 0. The van der Waals surface area contributed by atoms with Gasteiger partial charge in [-0.15, -0.1) is 0 Å². The average molecular weight is 537 g/mol. The van der Waals surface area contributed by atoms with Crippen LogP contribution in [0, 0.1) is 0 Å². The largest absolute Gasteiger partial charge is 0.355 e. The summed E-state index contributed by atoms with van der Waals surface area (Å²) in [6.45, 7) is 0. The monoisotopic (exact) mass is 536 g/mol. The molecule has 8 rings (SSSR count). The van der Waals surface area contributed by atoms with Crippen LogP contribution in [0.1, 0.15) is 0 Å². The van der Waals surface area contributed by atoms with E-state index in [9.17, 15) is 0 Å². The van der Waals surface area contributed by atoms with E-state index in [4.69, 9.17) is 0 Å². The van der Waals surface area contributed by atoms with Gasteiger partial charge >= 0.3 is 0 Å². The second-order valence-electron chi connectivity index (χ2n) is 10.7. The van der Waals surface area contributed by atoms with Crippen LogP contribution in [-0.2, 0) is 0 Å². The normalized spacial score (nSPS) is 11.3. The number of benzene rings is 7. The van der Waals surface area contributed by atoms with E-state index in [1.807, 2.05) is 0 Å². The van der Waals surface area contributed by atoms with Crippen molar-refractivity contribution in [2.75, 3.05) is 5.32 Å². The van der Waals surface area contributed by atoms with Gasteiger partial charge in [-0.3, -0.25) is 0 Å². The van der Waals surface area contributed by atoms with Crippen LogP contribution in [0.5, 0.6) is 0 Å². The molecule has 1 aromatic heterocycles. The number of anilines is 2. The Morgan fingerprint density at radius 2 is 1.05 bits per heavy atom. The molecule has 42 heavy (non-hydrogen) atoms. The van der Waals surface area contributed by atoms with Gasteiger partial charge in [-0.05, 0) is 81.6 Å². The van der Waals surface area contributed by atoms with E-state index in [-0.39, 0.29) is 0 Å². The molecule has 0 spiro atoms. The molecule has 0 aliphatic rings. The van der Waals surface area contributed by atoms with Crippen molar-refractivity contribution in [1.29, 1.82) is 0 Å². The van der Waals surface area contributed by atoms with Gasteiger partial charge in [0.1, 0.15) is 0 Å². The summed E-state index contributed by atoms with van der Waals surface area (Å²) < 4.78 is 2.38. The van der Waals surface area contributed by atoms with Crippen LogP contribution in [-0.4, -0.2) is 4.57 Å². The SMILES string of the molecule is c1ccc(-c2cccc(-n3c4ccccc4c4c(Nc5ccc6ccc(-c7ccccc7)cc6c5)cccc43)c2)cc1. The topological polar surface area (TPSA) is 17.0 Å². The van der Waals surface area contributed by atoms with Gasteiger partial charge in [0.2, 0.25) is 0 Å². The third kappa shape index (κ3) is 4.22. The van der Waals surface area contributed by atoms with Crippen molar-refractivity contribution in [2.45, 2.75) is 0 Å². The summed E-state index contributed by atoms with van der Waals surface area (Å²) >= 11 is 0. The molecule has 0 unspecified atom stereocenters. The Balaban J connectivity index is 1.25. The second kappa shape index (κ2) is 10.1. The van der Waals surface area contributed by atoms with E-state index < -0.39 is 0 Å². The molecule has 0 aliphatic carbocycles. The third-order valence-corrected chi connectivity index (χ3v) is 8.14. The standard InChI is InChI=1S/C40H28N2/c1-3-11-28(12-4-1)31-15-9-16-35(27-31)42-38-19-8-7-17-36(38)40-37(18-10-20-39(40)42)41-34-24-23-30-21-22-32(25-33(30)26-34)29-13-5-2-6-14-29/h1-27,41H. The molecule has 8 aromatic rings. The summed E-state index contributed by atoms with van der Waals surface area (Å²) in [6.07, 6.45) is 0. The predicted molar refractivity (Wildman–Crippen MR) is 179 cm³/mol. The molecule has 7 aromatic carbocycles. The highest BCUT2D eigenvalue weighted by Gasteiger charge is 2.16. The number of nitrogens with one attached hydrogen (secondary N) is 1. The van der Waals surface area contributed by atoms with Crippen LogP contribution in [0.2, 0.25) is 0 Å². The van der Waals surface area contributed by atoms with Crippen LogP contribution < -0.4 is 5.32 Å². The van der Waals surface area contributed by atoms with Crippen molar-refractivity contribution in [2.24, 2.45) is 0 Å². The van der Waals surface area contributed by atoms with Gasteiger partial charge in [-0.25, -0.2) is 0 Å². The van der Waals surface area contributed by atoms with Crippen LogP contribution >= 0.6 is 0 Å². The fourth-order valence-corrected chi connectivity index (χ4v) is 6.15. The van der Waals surface area contributed by atoms with Crippen molar-refractivity contribution in [3.05, 3.63) is 164 Å². The number of rotatable bonds is 5. The third-order valence-electron chi connectivity index (χ3n) is 8.14. The quantitative estimate of drug-likeness (QED) is 0.231. The van der Waals surface area contributed by atoms with E-state index in [2.05, 4.69) is 174 Å². The Morgan fingerprint density at radius 3 is 1.86 bits per heavy atom. The van der Waals surface area contributed by atoms with Gasteiger partial charge < -0.3 is 9.88 Å². The number of fused-ring (bicyclic) bond motifs is 4. The summed E-state index contributed by atoms with van der Waals surface area (Å²) in [5, 5.41) is 8.67. The lowest BCUT2D eigenvalue weighted by atomic mass is 10.0. The molecule has 0 amide bonds. The van der Waals surface area contributed by atoms with E-state index in [0.717, 1.165) is 17.1 Å². The minimum atomic E-state index is 1.07. The Bertz CT molecular complexity index is 2210. The highest BCUT2D eigenvalue weighted by atomic mass is 15.0. The molecule has 0 radical (unpaired) electrons. The number of nitrogens with zero attached hydrogens (tertiary/aromatic N) is 1. The molecule has 2 heteroatoms. The van der Waals surface area contributed by atoms with Crippen molar-refractivity contribution in [1.82, 2.24) is 4.57 Å². The zero-order valence-corrected chi connectivity index (χ0v) is 23.0. The predicted octanol–water partition coefficient (Wildman–Crippen LogP) is 11.0. The summed E-state index contributed by atoms with van der Waals surface area (Å²) in [5.74, 6) is 0. The highest BCUT2D eigenvalue weighted by molar-refractivity contribution is 6.15. The molecule has 0 fully saturated rings. The average Bonchev–Trinajstić information content (AvgIpc) is 3.41. The van der Waals surface area contributed by atoms with Gasteiger partial charge in [0, 0.05) is 27.8 Å². The molecule has 2 nitrogen and oxygen atoms in total. The Morgan fingerprint density at radius 1 is 0.405 bits per heavy atom. The van der Waals surface area contributed by atoms with Crippen LogP contribution in [0.4, 0.5) is 11.4 Å². The number of hydrogen-bond acceptors (Lipinski definition) is 1. The van der Waals surface area contributed by atoms with Gasteiger partial charge in [0.05, 0.1) is 11.0 Å². The molecule has 0 saturated heterocycles. The van der Waals surface area contributed by atoms with Crippen molar-refractivity contribution >= 4 is 44.0 Å². The fraction of sp³-hybridized carbons (Fsp3) is 0. The Labute approximate surface area is 245 Å². The summed E-state index contributed by atoms with van der Waals surface area (Å²) in [5.41, 5.74) is 10.6. The van der Waals surface area contributed by atoms with Crippen molar-refractivity contribution in [3.8, 4) is 27.9 Å².